The summed E-state index contributed by atoms with van der Waals surface area (Å²) >= 11 is 0. The van der Waals surface area contributed by atoms with Crippen LogP contribution in [0.4, 0.5) is 0 Å². The van der Waals surface area contributed by atoms with E-state index in [1.807, 2.05) is 13.8 Å². The summed E-state index contributed by atoms with van der Waals surface area (Å²) in [5.74, 6) is -4.27. The Labute approximate surface area is 286 Å². The number of hydrogen-bond acceptors (Lipinski definition) is 13. The molecule has 3 aliphatic rings. The molecule has 1 saturated heterocycles. The highest BCUT2D eigenvalue weighted by atomic mass is 16.7. The Balaban J connectivity index is 1.83. The summed E-state index contributed by atoms with van der Waals surface area (Å²) < 4.78 is 22.7. The number of carbonyl (C=O) groups excluding carboxylic acids is 4. The zero-order chi connectivity index (χ0) is 36.5. The summed E-state index contributed by atoms with van der Waals surface area (Å²) in [6.07, 6.45) is -2.41. The van der Waals surface area contributed by atoms with Crippen LogP contribution in [0.3, 0.4) is 0 Å². The molecule has 7 atom stereocenters. The average Bonchev–Trinajstić information content (AvgIpc) is 3.04. The fourth-order valence-electron chi connectivity index (χ4n) is 6.78. The number of ketones is 3. The van der Waals surface area contributed by atoms with Crippen LogP contribution in [0.5, 0.6) is 11.5 Å². The van der Waals surface area contributed by atoms with E-state index in [-0.39, 0.29) is 52.7 Å². The molecule has 49 heavy (non-hydrogen) atoms. The molecule has 1 aliphatic heterocycles. The van der Waals surface area contributed by atoms with Gasteiger partial charge in [-0.15, -0.1) is 0 Å². The van der Waals surface area contributed by atoms with Gasteiger partial charge in [-0.25, -0.2) is 0 Å². The summed E-state index contributed by atoms with van der Waals surface area (Å²) in [4.78, 5) is 54.1. The van der Waals surface area contributed by atoms with Crippen LogP contribution in [0.15, 0.2) is 23.0 Å². The van der Waals surface area contributed by atoms with Crippen LogP contribution in [-0.2, 0) is 35.0 Å². The van der Waals surface area contributed by atoms with Gasteiger partial charge >= 0.3 is 5.97 Å². The smallest absolute Gasteiger partial charge is 0.306 e. The lowest BCUT2D eigenvalue weighted by atomic mass is 9.71. The second-order valence-electron chi connectivity index (χ2n) is 13.6. The minimum Gasteiger partial charge on any atom is -0.507 e. The van der Waals surface area contributed by atoms with Crippen LogP contribution >= 0.6 is 0 Å². The van der Waals surface area contributed by atoms with Crippen molar-refractivity contribution in [2.24, 2.45) is 17.6 Å². The van der Waals surface area contributed by atoms with Gasteiger partial charge in [0.25, 0.3) is 0 Å². The maximum atomic E-state index is 14.1. The zero-order valence-electron chi connectivity index (χ0n) is 29.2. The molecule has 0 spiro atoms. The van der Waals surface area contributed by atoms with Crippen molar-refractivity contribution in [3.8, 4) is 11.5 Å². The lowest BCUT2D eigenvalue weighted by Crippen LogP contribution is -2.53. The molecule has 2 aliphatic carbocycles. The van der Waals surface area contributed by atoms with E-state index in [0.717, 1.165) is 6.42 Å². The van der Waals surface area contributed by atoms with Crippen LogP contribution in [-0.4, -0.2) is 87.6 Å². The van der Waals surface area contributed by atoms with Gasteiger partial charge in [-0.05, 0) is 26.2 Å². The molecule has 0 aromatic heterocycles. The van der Waals surface area contributed by atoms with E-state index in [9.17, 15) is 39.6 Å². The van der Waals surface area contributed by atoms with E-state index in [1.165, 1.54) is 13.2 Å². The number of aliphatic hydroxyl groups is 2. The molecule has 5 unspecified atom stereocenters. The summed E-state index contributed by atoms with van der Waals surface area (Å²) in [5.41, 5.74) is 2.42. The number of carbonyl (C=O) groups is 4. The van der Waals surface area contributed by atoms with Crippen LogP contribution in [0.25, 0.3) is 0 Å². The lowest BCUT2D eigenvalue weighted by Gasteiger charge is -2.42. The predicted molar refractivity (Wildman–Crippen MR) is 176 cm³/mol. The SMILES string of the molecule is C/C=C1/C(=O)c2c(O)c3c(c(O)c2C(=O)/C1=C(\OC)C(C)C)[C@@H](OC1CC(N)C(O)C(C)O1)C[C@](O)(C(=O)COC(=O)CCC(C)CC)C3. The van der Waals surface area contributed by atoms with E-state index >= 15 is 0 Å². The Kier molecular flexibility index (Phi) is 11.8. The molecule has 13 nitrogen and oxygen atoms in total. The first kappa shape index (κ1) is 38.2. The summed E-state index contributed by atoms with van der Waals surface area (Å²) in [6, 6.07) is -0.757. The van der Waals surface area contributed by atoms with Gasteiger partial charge in [-0.3, -0.25) is 19.2 Å². The largest absolute Gasteiger partial charge is 0.507 e. The first-order valence-corrected chi connectivity index (χ1v) is 16.8. The van der Waals surface area contributed by atoms with Gasteiger partial charge in [0.05, 0.1) is 42.1 Å². The number of benzene rings is 1. The van der Waals surface area contributed by atoms with Crippen molar-refractivity contribution in [1.29, 1.82) is 0 Å². The number of fused-ring (bicyclic) bond motifs is 2. The van der Waals surface area contributed by atoms with Crippen LogP contribution in [0.2, 0.25) is 0 Å². The van der Waals surface area contributed by atoms with Crippen molar-refractivity contribution in [3.63, 3.8) is 0 Å². The maximum Gasteiger partial charge on any atom is 0.306 e. The number of methoxy groups -OCH3 is 1. The Morgan fingerprint density at radius 1 is 1.12 bits per heavy atom. The van der Waals surface area contributed by atoms with Gasteiger partial charge < -0.3 is 45.1 Å². The quantitative estimate of drug-likeness (QED) is 0.0977. The third-order valence-electron chi connectivity index (χ3n) is 9.87. The second-order valence-corrected chi connectivity index (χ2v) is 13.6. The molecule has 4 rings (SSSR count). The van der Waals surface area contributed by atoms with E-state index in [4.69, 9.17) is 24.7 Å². The van der Waals surface area contributed by atoms with Crippen LogP contribution in [0.1, 0.15) is 112 Å². The number of aromatic hydroxyl groups is 2. The number of Topliss-reactive ketones (excluding diaryl/α,β-unsaturated/α-hetero) is 3. The van der Waals surface area contributed by atoms with Crippen molar-refractivity contribution >= 4 is 23.3 Å². The molecule has 0 radical (unpaired) electrons. The van der Waals surface area contributed by atoms with Crippen LogP contribution in [0, 0.1) is 11.8 Å². The van der Waals surface area contributed by atoms with Gasteiger partial charge in [-0.1, -0.05) is 40.2 Å². The van der Waals surface area contributed by atoms with Crippen molar-refractivity contribution in [1.82, 2.24) is 0 Å². The number of allylic oxidation sites excluding steroid dienone is 4. The number of rotatable bonds is 11. The van der Waals surface area contributed by atoms with Crippen molar-refractivity contribution in [2.45, 2.75) is 116 Å². The molecule has 1 fully saturated rings. The number of phenols is 2. The van der Waals surface area contributed by atoms with E-state index < -0.39 is 102 Å². The Morgan fingerprint density at radius 2 is 1.78 bits per heavy atom. The average molecular weight is 688 g/mol. The Hall–Kier alpha value is -3.62. The third-order valence-corrected chi connectivity index (χ3v) is 9.87. The molecular formula is C36H49NO12. The molecule has 1 aromatic carbocycles. The Bertz CT molecular complexity index is 1550. The number of hydrogen-bond donors (Lipinski definition) is 5. The van der Waals surface area contributed by atoms with E-state index in [0.29, 0.717) is 6.42 Å². The predicted octanol–water partition coefficient (Wildman–Crippen LogP) is 3.48. The molecular weight excluding hydrogens is 638 g/mol. The van der Waals surface area contributed by atoms with Gasteiger partial charge in [0.2, 0.25) is 11.6 Å². The molecule has 270 valence electrons. The molecule has 13 heteroatoms. The number of esters is 1. The van der Waals surface area contributed by atoms with Gasteiger partial charge in [-0.2, -0.15) is 0 Å². The second kappa shape index (κ2) is 15.1. The minimum absolute atomic E-state index is 0.00423. The van der Waals surface area contributed by atoms with Gasteiger partial charge in [0.15, 0.2) is 18.7 Å². The lowest BCUT2D eigenvalue weighted by molar-refractivity contribution is -0.247. The van der Waals surface area contributed by atoms with Gasteiger partial charge in [0.1, 0.15) is 22.9 Å². The van der Waals surface area contributed by atoms with Crippen molar-refractivity contribution in [3.05, 3.63) is 45.2 Å². The number of ether oxygens (including phenoxy) is 4. The highest BCUT2D eigenvalue weighted by Gasteiger charge is 2.51. The molecule has 6 N–H and O–H groups in total. The molecule has 0 amide bonds. The molecule has 0 saturated carbocycles. The monoisotopic (exact) mass is 687 g/mol. The van der Waals surface area contributed by atoms with Gasteiger partial charge in [0, 0.05) is 54.3 Å². The number of nitrogens with two attached hydrogens (primary N) is 1. The topological polar surface area (TPSA) is 212 Å². The zero-order valence-corrected chi connectivity index (χ0v) is 29.2. The van der Waals surface area contributed by atoms with Crippen LogP contribution < -0.4 is 5.73 Å². The normalized spacial score (nSPS) is 29.4. The first-order valence-electron chi connectivity index (χ1n) is 16.8. The summed E-state index contributed by atoms with van der Waals surface area (Å²) in [7, 11) is 1.37. The first-order chi connectivity index (χ1) is 23.0. The molecule has 1 heterocycles. The fraction of sp³-hybridized carbons (Fsp3) is 0.611. The van der Waals surface area contributed by atoms with E-state index in [2.05, 4.69) is 0 Å². The standard InChI is InChI=1S/C36H49NO12/c1-8-17(5)10-11-24(39)47-15-23(38)36(45)13-20-26(22(14-36)49-25-12-21(37)30(40)18(6)48-25)33(43)29-28(32(20)42)31(41)19(9-2)27(34(29)44)35(46-7)16(3)4/h9,16-18,21-22,25,30,40,42-43,45H,8,10-15,37H2,1-7H3/b19-9+,35-27-/t17?,18?,21?,22-,25?,30?,36-/m0/s1. The third kappa shape index (κ3) is 7.32. The number of aliphatic hydroxyl groups excluding tert-OH is 1. The highest BCUT2D eigenvalue weighted by molar-refractivity contribution is 6.33. The maximum absolute atomic E-state index is 14.1. The molecule has 0 bridgehead atoms. The number of phenolic OH excluding ortho intramolecular Hbond substituents is 2. The summed E-state index contributed by atoms with van der Waals surface area (Å²) in [6.45, 7) is 9.89. The Morgan fingerprint density at radius 3 is 2.35 bits per heavy atom. The van der Waals surface area contributed by atoms with E-state index in [1.54, 1.807) is 27.7 Å². The van der Waals surface area contributed by atoms with Crippen molar-refractivity contribution < 1.29 is 58.6 Å². The highest BCUT2D eigenvalue weighted by Crippen LogP contribution is 2.53. The molecule has 1 aromatic rings. The fourth-order valence-corrected chi connectivity index (χ4v) is 6.78. The summed E-state index contributed by atoms with van der Waals surface area (Å²) in [5, 5.41) is 45.7. The minimum atomic E-state index is -2.30. The van der Waals surface area contributed by atoms with Crippen molar-refractivity contribution in [2.75, 3.05) is 13.7 Å².